The predicted octanol–water partition coefficient (Wildman–Crippen LogP) is 1.93. The van der Waals surface area contributed by atoms with E-state index in [4.69, 9.17) is 0 Å². The molecule has 1 N–H and O–H groups in total. The maximum atomic E-state index is 12.9. The Bertz CT molecular complexity index is 499. The van der Waals surface area contributed by atoms with Crippen LogP contribution in [0, 0.1) is 23.7 Å². The van der Waals surface area contributed by atoms with Gasteiger partial charge >= 0.3 is 0 Å². The first-order valence-electron chi connectivity index (χ1n) is 7.71. The molecule has 1 saturated carbocycles. The Hall–Kier alpha value is -2.10. The van der Waals surface area contributed by atoms with Crippen molar-refractivity contribution >= 4 is 11.8 Å². The van der Waals surface area contributed by atoms with Gasteiger partial charge in [-0.2, -0.15) is 0 Å². The van der Waals surface area contributed by atoms with Gasteiger partial charge in [0.25, 0.3) is 0 Å². The van der Waals surface area contributed by atoms with Crippen molar-refractivity contribution in [1.29, 1.82) is 0 Å². The summed E-state index contributed by atoms with van der Waals surface area (Å²) >= 11 is 0. The van der Waals surface area contributed by atoms with Gasteiger partial charge in [0.1, 0.15) is 0 Å². The fourth-order valence-electron chi connectivity index (χ4n) is 3.58. The zero-order valence-electron chi connectivity index (χ0n) is 12.9. The highest BCUT2D eigenvalue weighted by molar-refractivity contribution is 5.90. The second kappa shape index (κ2) is 7.25. The number of rotatable bonds is 8. The molecule has 4 nitrogen and oxygen atoms in total. The Morgan fingerprint density at radius 1 is 1.05 bits per heavy atom. The number of allylic oxidation sites excluding steroid dienone is 2. The maximum absolute atomic E-state index is 12.9. The molecule has 4 atom stereocenters. The van der Waals surface area contributed by atoms with Crippen molar-refractivity contribution in [2.45, 2.75) is 6.42 Å². The lowest BCUT2D eigenvalue weighted by molar-refractivity contribution is -0.141. The van der Waals surface area contributed by atoms with Crippen LogP contribution in [0.3, 0.4) is 0 Å². The molecule has 4 heteroatoms. The normalized spacial score (nSPS) is 28.2. The minimum atomic E-state index is -0.278. The summed E-state index contributed by atoms with van der Waals surface area (Å²) in [6.45, 7) is 12.4. The highest BCUT2D eigenvalue weighted by Gasteiger charge is 2.52. The molecule has 0 aromatic carbocycles. The van der Waals surface area contributed by atoms with Gasteiger partial charge in [0.2, 0.25) is 11.8 Å². The summed E-state index contributed by atoms with van der Waals surface area (Å²) in [5.41, 5.74) is 0. The average Bonchev–Trinajstić information content (AvgIpc) is 3.12. The number of hydrogen-bond donors (Lipinski definition) is 1. The standard InChI is InChI=1S/C18H24N2O2/c1-4-9-19-17(21)15-13-7-8-14(12-13)16(15)18(22)20(10-5-2)11-6-3/h4-8,13-16H,1-3,9-12H2,(H,19,21). The lowest BCUT2D eigenvalue weighted by Gasteiger charge is -2.31. The number of carbonyl (C=O) groups excluding carboxylic acids is 2. The van der Waals surface area contributed by atoms with Crippen molar-refractivity contribution in [2.24, 2.45) is 23.7 Å². The SMILES string of the molecule is C=CCNC(=O)C1C2C=CC(C2)C1C(=O)N(CC=C)CC=C. The van der Waals surface area contributed by atoms with Gasteiger partial charge in [-0.3, -0.25) is 9.59 Å². The number of hydrogen-bond acceptors (Lipinski definition) is 2. The first-order chi connectivity index (χ1) is 10.6. The molecule has 118 valence electrons. The molecule has 4 unspecified atom stereocenters. The van der Waals surface area contributed by atoms with Gasteiger partial charge < -0.3 is 10.2 Å². The Balaban J connectivity index is 2.18. The maximum Gasteiger partial charge on any atom is 0.227 e. The zero-order chi connectivity index (χ0) is 16.1. The average molecular weight is 300 g/mol. The Kier molecular flexibility index (Phi) is 5.36. The molecular formula is C18H24N2O2. The first kappa shape index (κ1) is 16.3. The largest absolute Gasteiger partial charge is 0.352 e. The molecule has 22 heavy (non-hydrogen) atoms. The van der Waals surface area contributed by atoms with E-state index in [1.807, 2.05) is 0 Å². The number of fused-ring (bicyclic) bond motifs is 2. The quantitative estimate of drug-likeness (QED) is 0.696. The summed E-state index contributed by atoms with van der Waals surface area (Å²) in [6.07, 6.45) is 10.1. The van der Waals surface area contributed by atoms with E-state index in [1.54, 1.807) is 23.1 Å². The molecule has 0 heterocycles. The minimum absolute atomic E-state index is 0.0235. The number of amides is 2. The van der Waals surface area contributed by atoms with E-state index in [-0.39, 0.29) is 35.5 Å². The Morgan fingerprint density at radius 3 is 2.18 bits per heavy atom. The highest BCUT2D eigenvalue weighted by atomic mass is 16.2. The fourth-order valence-corrected chi connectivity index (χ4v) is 3.58. The van der Waals surface area contributed by atoms with E-state index in [0.29, 0.717) is 19.6 Å². The van der Waals surface area contributed by atoms with Gasteiger partial charge in [-0.1, -0.05) is 30.4 Å². The topological polar surface area (TPSA) is 49.4 Å². The van der Waals surface area contributed by atoms with Crippen LogP contribution in [-0.4, -0.2) is 36.3 Å². The van der Waals surface area contributed by atoms with Crippen molar-refractivity contribution in [3.63, 3.8) is 0 Å². The molecule has 2 bridgehead atoms. The van der Waals surface area contributed by atoms with Crippen LogP contribution in [0.1, 0.15) is 6.42 Å². The number of carbonyl (C=O) groups is 2. The highest BCUT2D eigenvalue weighted by Crippen LogP contribution is 2.48. The van der Waals surface area contributed by atoms with Crippen molar-refractivity contribution in [3.05, 3.63) is 50.1 Å². The van der Waals surface area contributed by atoms with Crippen LogP contribution >= 0.6 is 0 Å². The smallest absolute Gasteiger partial charge is 0.227 e. The summed E-state index contributed by atoms with van der Waals surface area (Å²) in [4.78, 5) is 27.1. The van der Waals surface area contributed by atoms with Crippen LogP contribution in [0.4, 0.5) is 0 Å². The lowest BCUT2D eigenvalue weighted by atomic mass is 9.81. The van der Waals surface area contributed by atoms with Gasteiger partial charge in [0, 0.05) is 19.6 Å². The molecule has 2 aliphatic carbocycles. The molecule has 1 fully saturated rings. The van der Waals surface area contributed by atoms with E-state index in [0.717, 1.165) is 6.42 Å². The second-order valence-corrected chi connectivity index (χ2v) is 5.85. The summed E-state index contributed by atoms with van der Waals surface area (Å²) in [6, 6.07) is 0. The van der Waals surface area contributed by atoms with Gasteiger partial charge in [-0.05, 0) is 18.3 Å². The van der Waals surface area contributed by atoms with Crippen molar-refractivity contribution in [2.75, 3.05) is 19.6 Å². The van der Waals surface area contributed by atoms with Crippen LogP contribution in [-0.2, 0) is 9.59 Å². The summed E-state index contributed by atoms with van der Waals surface area (Å²) in [7, 11) is 0. The molecular weight excluding hydrogens is 276 g/mol. The molecule has 0 aliphatic heterocycles. The van der Waals surface area contributed by atoms with E-state index in [1.165, 1.54) is 0 Å². The van der Waals surface area contributed by atoms with Gasteiger partial charge in [-0.25, -0.2) is 0 Å². The van der Waals surface area contributed by atoms with Crippen LogP contribution in [0.2, 0.25) is 0 Å². The van der Waals surface area contributed by atoms with Crippen LogP contribution in [0.5, 0.6) is 0 Å². The van der Waals surface area contributed by atoms with Crippen LogP contribution in [0.25, 0.3) is 0 Å². The molecule has 0 spiro atoms. The molecule has 0 radical (unpaired) electrons. The minimum Gasteiger partial charge on any atom is -0.352 e. The molecule has 0 aromatic heterocycles. The summed E-state index contributed by atoms with van der Waals surface area (Å²) in [5.74, 6) is -0.255. The Morgan fingerprint density at radius 2 is 1.64 bits per heavy atom. The molecule has 0 aromatic rings. The summed E-state index contributed by atoms with van der Waals surface area (Å²) < 4.78 is 0. The second-order valence-electron chi connectivity index (χ2n) is 5.85. The van der Waals surface area contributed by atoms with Crippen molar-refractivity contribution in [3.8, 4) is 0 Å². The van der Waals surface area contributed by atoms with Crippen LogP contribution < -0.4 is 5.32 Å². The monoisotopic (exact) mass is 300 g/mol. The Labute approximate surface area is 132 Å². The molecule has 2 rings (SSSR count). The van der Waals surface area contributed by atoms with Gasteiger partial charge in [0.15, 0.2) is 0 Å². The van der Waals surface area contributed by atoms with Gasteiger partial charge in [-0.15, -0.1) is 19.7 Å². The van der Waals surface area contributed by atoms with Gasteiger partial charge in [0.05, 0.1) is 11.8 Å². The van der Waals surface area contributed by atoms with Crippen molar-refractivity contribution in [1.82, 2.24) is 10.2 Å². The lowest BCUT2D eigenvalue weighted by Crippen LogP contribution is -2.46. The van der Waals surface area contributed by atoms with E-state index in [9.17, 15) is 9.59 Å². The number of nitrogens with zero attached hydrogens (tertiary/aromatic N) is 1. The third-order valence-corrected chi connectivity index (χ3v) is 4.48. The molecule has 2 aliphatic rings. The first-order valence-corrected chi connectivity index (χ1v) is 7.71. The number of nitrogens with one attached hydrogen (secondary N) is 1. The van der Waals surface area contributed by atoms with E-state index >= 15 is 0 Å². The van der Waals surface area contributed by atoms with Crippen LogP contribution in [0.15, 0.2) is 50.1 Å². The molecule has 2 amide bonds. The van der Waals surface area contributed by atoms with Crippen molar-refractivity contribution < 1.29 is 9.59 Å². The zero-order valence-corrected chi connectivity index (χ0v) is 12.9. The fraction of sp³-hybridized carbons (Fsp3) is 0.444. The summed E-state index contributed by atoms with van der Waals surface area (Å²) in [5, 5.41) is 2.84. The van der Waals surface area contributed by atoms with E-state index in [2.05, 4.69) is 37.2 Å². The third-order valence-electron chi connectivity index (χ3n) is 4.48. The van der Waals surface area contributed by atoms with E-state index < -0.39 is 0 Å². The molecule has 0 saturated heterocycles. The predicted molar refractivity (Wildman–Crippen MR) is 87.9 cm³/mol. The third kappa shape index (κ3) is 3.06.